The maximum atomic E-state index is 11.9. The van der Waals surface area contributed by atoms with Crippen molar-refractivity contribution in [3.8, 4) is 0 Å². The fourth-order valence-electron chi connectivity index (χ4n) is 1.56. The molecule has 1 aromatic carbocycles. The smallest absolute Gasteiger partial charge is 0.278 e. The Bertz CT molecular complexity index is 466. The second kappa shape index (κ2) is 5.79. The van der Waals surface area contributed by atoms with Crippen LogP contribution in [0, 0.1) is 0 Å². The molecule has 5 nitrogen and oxygen atoms in total. The van der Waals surface area contributed by atoms with Crippen LogP contribution >= 0.6 is 0 Å². The van der Waals surface area contributed by atoms with Crippen molar-refractivity contribution < 1.29 is 8.42 Å². The van der Waals surface area contributed by atoms with Crippen LogP contribution in [0.25, 0.3) is 0 Å². The van der Waals surface area contributed by atoms with Crippen LogP contribution < -0.4 is 15.2 Å². The number of benzene rings is 1. The Morgan fingerprint density at radius 2 is 1.78 bits per heavy atom. The summed E-state index contributed by atoms with van der Waals surface area (Å²) < 4.78 is 28.9. The molecule has 18 heavy (non-hydrogen) atoms. The maximum absolute atomic E-state index is 11.9. The maximum Gasteiger partial charge on any atom is 0.278 e. The first-order valence-corrected chi connectivity index (χ1v) is 7.28. The summed E-state index contributed by atoms with van der Waals surface area (Å²) in [5.41, 5.74) is 5.94. The Morgan fingerprint density at radius 1 is 1.22 bits per heavy atom. The van der Waals surface area contributed by atoms with Gasteiger partial charge in [0.05, 0.1) is 6.04 Å². The van der Waals surface area contributed by atoms with Gasteiger partial charge < -0.3 is 5.73 Å². The van der Waals surface area contributed by atoms with Crippen molar-refractivity contribution in [2.24, 2.45) is 5.73 Å². The monoisotopic (exact) mass is 271 g/mol. The predicted octanol–water partition coefficient (Wildman–Crippen LogP) is 0.909. The highest BCUT2D eigenvalue weighted by molar-refractivity contribution is 7.87. The van der Waals surface area contributed by atoms with Crippen molar-refractivity contribution >= 4 is 10.2 Å². The molecule has 0 heterocycles. The molecule has 4 N–H and O–H groups in total. The minimum Gasteiger partial charge on any atom is -0.329 e. The normalized spacial score (nSPS) is 14.4. The second-order valence-corrected chi connectivity index (χ2v) is 6.62. The van der Waals surface area contributed by atoms with Gasteiger partial charge in [-0.2, -0.15) is 17.9 Å². The lowest BCUT2D eigenvalue weighted by molar-refractivity contribution is 0.475. The van der Waals surface area contributed by atoms with Crippen molar-refractivity contribution in [3.63, 3.8) is 0 Å². The third-order valence-electron chi connectivity index (χ3n) is 2.18. The van der Waals surface area contributed by atoms with Crippen LogP contribution in [0.15, 0.2) is 30.3 Å². The minimum atomic E-state index is -3.58. The summed E-state index contributed by atoms with van der Waals surface area (Å²) in [7, 11) is -3.58. The van der Waals surface area contributed by atoms with Gasteiger partial charge in [-0.15, -0.1) is 0 Å². The van der Waals surface area contributed by atoms with Crippen LogP contribution in [0.1, 0.15) is 32.4 Å². The van der Waals surface area contributed by atoms with Crippen LogP contribution in [0.5, 0.6) is 0 Å². The van der Waals surface area contributed by atoms with Gasteiger partial charge >= 0.3 is 0 Å². The molecule has 1 unspecified atom stereocenters. The van der Waals surface area contributed by atoms with Crippen molar-refractivity contribution in [2.45, 2.75) is 32.4 Å². The molecule has 0 aliphatic rings. The van der Waals surface area contributed by atoms with E-state index >= 15 is 0 Å². The van der Waals surface area contributed by atoms with Crippen LogP contribution in [0.3, 0.4) is 0 Å². The zero-order chi connectivity index (χ0) is 13.8. The summed E-state index contributed by atoms with van der Waals surface area (Å²) in [5.74, 6) is 0. The molecule has 6 heteroatoms. The fraction of sp³-hybridized carbons (Fsp3) is 0.500. The highest BCUT2D eigenvalue weighted by Crippen LogP contribution is 2.12. The minimum absolute atomic E-state index is 0.203. The highest BCUT2D eigenvalue weighted by atomic mass is 32.2. The summed E-state index contributed by atoms with van der Waals surface area (Å²) in [6.45, 7) is 5.56. The van der Waals surface area contributed by atoms with E-state index in [1.807, 2.05) is 30.3 Å². The molecule has 1 rings (SSSR count). The van der Waals surface area contributed by atoms with Crippen molar-refractivity contribution in [2.75, 3.05) is 6.54 Å². The average molecular weight is 271 g/mol. The van der Waals surface area contributed by atoms with Gasteiger partial charge in [-0.05, 0) is 26.3 Å². The van der Waals surface area contributed by atoms with E-state index in [-0.39, 0.29) is 6.54 Å². The first-order chi connectivity index (χ1) is 8.23. The van der Waals surface area contributed by atoms with E-state index in [9.17, 15) is 8.42 Å². The molecule has 102 valence electrons. The van der Waals surface area contributed by atoms with Gasteiger partial charge in [-0.3, -0.25) is 0 Å². The lowest BCUT2D eigenvalue weighted by Gasteiger charge is -2.23. The van der Waals surface area contributed by atoms with Crippen molar-refractivity contribution in [1.82, 2.24) is 9.44 Å². The Balaban J connectivity index is 2.82. The molecule has 0 amide bonds. The van der Waals surface area contributed by atoms with Crippen LogP contribution in [-0.4, -0.2) is 20.5 Å². The Labute approximate surface area is 109 Å². The summed E-state index contributed by atoms with van der Waals surface area (Å²) in [4.78, 5) is 0. The van der Waals surface area contributed by atoms with Gasteiger partial charge in [0.1, 0.15) is 0 Å². The molecule has 0 aromatic heterocycles. The van der Waals surface area contributed by atoms with Gasteiger partial charge in [0.25, 0.3) is 10.2 Å². The third kappa shape index (κ3) is 5.14. The standard InChI is InChI=1S/C12H21N3O2S/c1-12(2,3)15-18(16,17)14-11(9-13)10-7-5-4-6-8-10/h4-8,11,14-15H,9,13H2,1-3H3. The molecule has 1 aromatic rings. The summed E-state index contributed by atoms with van der Waals surface area (Å²) in [5, 5.41) is 0. The molecule has 0 bridgehead atoms. The number of rotatable bonds is 5. The molecule has 0 saturated carbocycles. The molecule has 0 saturated heterocycles. The van der Waals surface area contributed by atoms with E-state index < -0.39 is 21.8 Å². The quantitative estimate of drug-likeness (QED) is 0.744. The van der Waals surface area contributed by atoms with Gasteiger partial charge in [0.2, 0.25) is 0 Å². The van der Waals surface area contributed by atoms with E-state index in [4.69, 9.17) is 5.73 Å². The fourth-order valence-corrected chi connectivity index (χ4v) is 3.03. The number of nitrogens with one attached hydrogen (secondary N) is 2. The first-order valence-electron chi connectivity index (χ1n) is 5.80. The molecule has 1 atom stereocenters. The van der Waals surface area contributed by atoms with Crippen LogP contribution in [0.2, 0.25) is 0 Å². The van der Waals surface area contributed by atoms with Crippen molar-refractivity contribution in [1.29, 1.82) is 0 Å². The van der Waals surface area contributed by atoms with Gasteiger partial charge in [-0.25, -0.2) is 0 Å². The summed E-state index contributed by atoms with van der Waals surface area (Å²) in [6.07, 6.45) is 0. The Hall–Kier alpha value is -0.950. The number of hydrogen-bond acceptors (Lipinski definition) is 3. The largest absolute Gasteiger partial charge is 0.329 e. The first kappa shape index (κ1) is 15.1. The van der Waals surface area contributed by atoms with E-state index in [0.717, 1.165) is 5.56 Å². The SMILES string of the molecule is CC(C)(C)NS(=O)(=O)NC(CN)c1ccccc1. The topological polar surface area (TPSA) is 84.2 Å². The van der Waals surface area contributed by atoms with Gasteiger partial charge in [-0.1, -0.05) is 30.3 Å². The van der Waals surface area contributed by atoms with Gasteiger partial charge in [0, 0.05) is 12.1 Å². The molecule has 0 aliphatic heterocycles. The van der Waals surface area contributed by atoms with E-state index in [1.54, 1.807) is 20.8 Å². The summed E-state index contributed by atoms with van der Waals surface area (Å²) in [6, 6.07) is 8.84. The molecular weight excluding hydrogens is 250 g/mol. The van der Waals surface area contributed by atoms with Crippen LogP contribution in [0.4, 0.5) is 0 Å². The summed E-state index contributed by atoms with van der Waals surface area (Å²) >= 11 is 0. The van der Waals surface area contributed by atoms with Crippen molar-refractivity contribution in [3.05, 3.63) is 35.9 Å². The molecule has 0 radical (unpaired) electrons. The number of hydrogen-bond donors (Lipinski definition) is 3. The predicted molar refractivity (Wildman–Crippen MR) is 73.2 cm³/mol. The lowest BCUT2D eigenvalue weighted by atomic mass is 10.1. The molecule has 0 aliphatic carbocycles. The zero-order valence-electron chi connectivity index (χ0n) is 11.0. The highest BCUT2D eigenvalue weighted by Gasteiger charge is 2.23. The zero-order valence-corrected chi connectivity index (χ0v) is 11.8. The average Bonchev–Trinajstić information content (AvgIpc) is 2.24. The second-order valence-electron chi connectivity index (χ2n) is 5.17. The third-order valence-corrected chi connectivity index (χ3v) is 3.65. The van der Waals surface area contributed by atoms with Crippen LogP contribution in [-0.2, 0) is 10.2 Å². The van der Waals surface area contributed by atoms with Gasteiger partial charge in [0.15, 0.2) is 0 Å². The Kier molecular flexibility index (Phi) is 4.86. The molecule has 0 spiro atoms. The number of nitrogens with two attached hydrogens (primary N) is 1. The van der Waals surface area contributed by atoms with E-state index in [0.29, 0.717) is 0 Å². The molecule has 0 fully saturated rings. The lowest BCUT2D eigenvalue weighted by Crippen LogP contribution is -2.48. The Morgan fingerprint density at radius 3 is 2.22 bits per heavy atom. The van der Waals surface area contributed by atoms with E-state index in [2.05, 4.69) is 9.44 Å². The molecular formula is C12H21N3O2S. The van der Waals surface area contributed by atoms with E-state index in [1.165, 1.54) is 0 Å².